The van der Waals surface area contributed by atoms with E-state index < -0.39 is 0 Å². The molecule has 0 saturated heterocycles. The average Bonchev–Trinajstić information content (AvgIpc) is 2.58. The number of hydrogen-bond donors (Lipinski definition) is 2. The quantitative estimate of drug-likeness (QED) is 0.609. The zero-order valence-corrected chi connectivity index (χ0v) is 14.9. The van der Waals surface area contributed by atoms with Crippen LogP contribution in [0, 0.1) is 12.7 Å². The number of aromatic nitrogens is 2. The van der Waals surface area contributed by atoms with Crippen LogP contribution in [0.4, 0.5) is 21.8 Å². The number of anilines is 3. The van der Waals surface area contributed by atoms with Gasteiger partial charge in [0, 0.05) is 23.9 Å². The van der Waals surface area contributed by atoms with E-state index in [9.17, 15) is 4.39 Å². The van der Waals surface area contributed by atoms with Crippen LogP contribution in [0.2, 0.25) is 10.0 Å². The van der Waals surface area contributed by atoms with Crippen molar-refractivity contribution in [2.24, 2.45) is 0 Å². The highest BCUT2D eigenvalue weighted by Gasteiger charge is 2.08. The van der Waals surface area contributed by atoms with Crippen molar-refractivity contribution in [2.75, 3.05) is 10.6 Å². The molecule has 0 spiro atoms. The Morgan fingerprint density at radius 3 is 2.64 bits per heavy atom. The average molecular weight is 377 g/mol. The van der Waals surface area contributed by atoms with Crippen molar-refractivity contribution in [1.29, 1.82) is 0 Å². The van der Waals surface area contributed by atoms with Gasteiger partial charge in [-0.2, -0.15) is 4.98 Å². The lowest BCUT2D eigenvalue weighted by Crippen LogP contribution is -2.07. The molecule has 3 aromatic rings. The van der Waals surface area contributed by atoms with Crippen molar-refractivity contribution >= 4 is 40.7 Å². The Bertz CT molecular complexity index is 902. The van der Waals surface area contributed by atoms with Crippen LogP contribution in [-0.2, 0) is 6.54 Å². The minimum atomic E-state index is -0.272. The first-order valence-corrected chi connectivity index (χ1v) is 8.32. The predicted molar refractivity (Wildman–Crippen MR) is 100 cm³/mol. The molecule has 0 atom stereocenters. The second kappa shape index (κ2) is 7.68. The molecule has 25 heavy (non-hydrogen) atoms. The van der Waals surface area contributed by atoms with Crippen LogP contribution in [0.15, 0.2) is 48.5 Å². The molecule has 0 amide bonds. The monoisotopic (exact) mass is 376 g/mol. The number of nitrogens with zero attached hydrogens (tertiary/aromatic N) is 2. The summed E-state index contributed by atoms with van der Waals surface area (Å²) < 4.78 is 13.7. The van der Waals surface area contributed by atoms with Gasteiger partial charge in [0.25, 0.3) is 0 Å². The first-order valence-electron chi connectivity index (χ1n) is 7.57. The molecule has 0 bridgehead atoms. The van der Waals surface area contributed by atoms with Gasteiger partial charge in [0.1, 0.15) is 11.6 Å². The summed E-state index contributed by atoms with van der Waals surface area (Å²) in [5.41, 5.74) is 1.94. The number of nitrogens with one attached hydrogen (secondary N) is 2. The summed E-state index contributed by atoms with van der Waals surface area (Å²) in [6, 6.07) is 13.7. The van der Waals surface area contributed by atoms with Gasteiger partial charge < -0.3 is 10.6 Å². The first kappa shape index (κ1) is 17.5. The number of rotatable bonds is 5. The van der Waals surface area contributed by atoms with Crippen LogP contribution in [0.25, 0.3) is 0 Å². The smallest absolute Gasteiger partial charge is 0.225 e. The lowest BCUT2D eigenvalue weighted by molar-refractivity contribution is 0.612. The lowest BCUT2D eigenvalue weighted by Gasteiger charge is -2.11. The van der Waals surface area contributed by atoms with Crippen molar-refractivity contribution in [2.45, 2.75) is 13.5 Å². The Morgan fingerprint density at radius 1 is 1.04 bits per heavy atom. The highest BCUT2D eigenvalue weighted by Crippen LogP contribution is 2.31. The number of hydrogen-bond acceptors (Lipinski definition) is 4. The molecular weight excluding hydrogens is 362 g/mol. The van der Waals surface area contributed by atoms with Crippen molar-refractivity contribution in [3.05, 3.63) is 75.7 Å². The largest absolute Gasteiger partial charge is 0.350 e. The SMILES string of the molecule is Cc1cc(Nc2cccc(Cl)c2Cl)nc(NCc2ccccc2F)n1. The summed E-state index contributed by atoms with van der Waals surface area (Å²) in [6.45, 7) is 2.13. The number of halogens is 3. The molecule has 3 rings (SSSR count). The second-order valence-corrected chi connectivity index (χ2v) is 6.17. The van der Waals surface area contributed by atoms with Gasteiger partial charge in [-0.05, 0) is 25.1 Å². The van der Waals surface area contributed by atoms with Gasteiger partial charge in [0.15, 0.2) is 0 Å². The van der Waals surface area contributed by atoms with E-state index in [4.69, 9.17) is 23.2 Å². The maximum Gasteiger partial charge on any atom is 0.225 e. The van der Waals surface area contributed by atoms with E-state index in [0.29, 0.717) is 33.1 Å². The van der Waals surface area contributed by atoms with Crippen molar-refractivity contribution in [3.8, 4) is 0 Å². The molecule has 1 aromatic heterocycles. The molecule has 0 fully saturated rings. The van der Waals surface area contributed by atoms with Gasteiger partial charge in [0.05, 0.1) is 15.7 Å². The van der Waals surface area contributed by atoms with Crippen LogP contribution in [0.1, 0.15) is 11.3 Å². The van der Waals surface area contributed by atoms with E-state index in [1.54, 1.807) is 42.5 Å². The molecule has 1 heterocycles. The van der Waals surface area contributed by atoms with E-state index >= 15 is 0 Å². The van der Waals surface area contributed by atoms with Crippen LogP contribution >= 0.6 is 23.2 Å². The van der Waals surface area contributed by atoms with Crippen molar-refractivity contribution in [3.63, 3.8) is 0 Å². The Morgan fingerprint density at radius 2 is 1.84 bits per heavy atom. The summed E-state index contributed by atoms with van der Waals surface area (Å²) in [6.07, 6.45) is 0. The fraction of sp³-hybridized carbons (Fsp3) is 0.111. The Labute approximate surface area is 155 Å². The molecule has 0 saturated carbocycles. The maximum atomic E-state index is 13.7. The zero-order chi connectivity index (χ0) is 17.8. The molecule has 0 aliphatic carbocycles. The third-order valence-electron chi connectivity index (χ3n) is 3.46. The van der Waals surface area contributed by atoms with Gasteiger partial charge in [-0.1, -0.05) is 47.5 Å². The minimum absolute atomic E-state index is 0.272. The van der Waals surface area contributed by atoms with Gasteiger partial charge in [0.2, 0.25) is 5.95 Å². The molecular formula is C18H15Cl2FN4. The summed E-state index contributed by atoms with van der Waals surface area (Å²) in [5.74, 6) is 0.684. The standard InChI is InChI=1S/C18H15Cl2FN4/c1-11-9-16(24-15-8-4-6-13(19)17(15)20)25-18(23-11)22-10-12-5-2-3-7-14(12)21/h2-9H,10H2,1H3,(H2,22,23,24,25). The molecule has 0 unspecified atom stereocenters. The van der Waals surface area contributed by atoms with E-state index in [1.165, 1.54) is 6.07 Å². The highest BCUT2D eigenvalue weighted by atomic mass is 35.5. The van der Waals surface area contributed by atoms with E-state index in [1.807, 2.05) is 6.92 Å². The summed E-state index contributed by atoms with van der Waals surface area (Å²) in [7, 11) is 0. The predicted octanol–water partition coefficient (Wildman–Crippen LogP) is 5.59. The minimum Gasteiger partial charge on any atom is -0.350 e. The lowest BCUT2D eigenvalue weighted by atomic mass is 10.2. The maximum absolute atomic E-state index is 13.7. The van der Waals surface area contributed by atoms with E-state index in [0.717, 1.165) is 5.69 Å². The van der Waals surface area contributed by atoms with Gasteiger partial charge in [-0.25, -0.2) is 9.37 Å². The van der Waals surface area contributed by atoms with Crippen molar-refractivity contribution in [1.82, 2.24) is 9.97 Å². The Hall–Kier alpha value is -2.37. The van der Waals surface area contributed by atoms with E-state index in [2.05, 4.69) is 20.6 Å². The topological polar surface area (TPSA) is 49.8 Å². The zero-order valence-electron chi connectivity index (χ0n) is 13.4. The Balaban J connectivity index is 1.78. The molecule has 128 valence electrons. The number of benzene rings is 2. The normalized spacial score (nSPS) is 10.6. The van der Waals surface area contributed by atoms with Gasteiger partial charge in [-0.3, -0.25) is 0 Å². The summed E-state index contributed by atoms with van der Waals surface area (Å²) in [4.78, 5) is 8.70. The third kappa shape index (κ3) is 4.38. The van der Waals surface area contributed by atoms with Crippen LogP contribution < -0.4 is 10.6 Å². The molecule has 0 aliphatic heterocycles. The Kier molecular flexibility index (Phi) is 5.36. The van der Waals surface area contributed by atoms with Gasteiger partial charge >= 0.3 is 0 Å². The molecule has 0 radical (unpaired) electrons. The van der Waals surface area contributed by atoms with Crippen molar-refractivity contribution < 1.29 is 4.39 Å². The number of aryl methyl sites for hydroxylation is 1. The first-order chi connectivity index (χ1) is 12.0. The highest BCUT2D eigenvalue weighted by molar-refractivity contribution is 6.43. The molecule has 7 heteroatoms. The second-order valence-electron chi connectivity index (χ2n) is 5.39. The molecule has 2 aromatic carbocycles. The van der Waals surface area contributed by atoms with Crippen LogP contribution in [-0.4, -0.2) is 9.97 Å². The molecule has 2 N–H and O–H groups in total. The van der Waals surface area contributed by atoms with E-state index in [-0.39, 0.29) is 12.4 Å². The van der Waals surface area contributed by atoms with Crippen LogP contribution in [0.3, 0.4) is 0 Å². The van der Waals surface area contributed by atoms with Gasteiger partial charge in [-0.15, -0.1) is 0 Å². The fourth-order valence-electron chi connectivity index (χ4n) is 2.27. The third-order valence-corrected chi connectivity index (χ3v) is 4.28. The summed E-state index contributed by atoms with van der Waals surface area (Å²) >= 11 is 12.2. The van der Waals surface area contributed by atoms with Crippen LogP contribution in [0.5, 0.6) is 0 Å². The fourth-order valence-corrected chi connectivity index (χ4v) is 2.61. The summed E-state index contributed by atoms with van der Waals surface area (Å²) in [5, 5.41) is 7.03. The molecule has 4 nitrogen and oxygen atoms in total. The molecule has 0 aliphatic rings.